The number of halogens is 1. The van der Waals surface area contributed by atoms with Crippen molar-refractivity contribution in [1.29, 1.82) is 0 Å². The number of nitrogens with zero attached hydrogens (tertiary/aromatic N) is 4. The number of para-hydroxylation sites is 1. The lowest BCUT2D eigenvalue weighted by molar-refractivity contribution is -0.127. The molecule has 37 heavy (non-hydrogen) atoms. The third-order valence-electron chi connectivity index (χ3n) is 6.09. The van der Waals surface area contributed by atoms with Crippen molar-refractivity contribution in [1.82, 2.24) is 20.3 Å². The molecule has 0 aliphatic heterocycles. The van der Waals surface area contributed by atoms with Crippen molar-refractivity contribution >= 4 is 28.5 Å². The first kappa shape index (κ1) is 23.9. The maximum Gasteiger partial charge on any atom is 0.249 e. The number of amides is 2. The maximum absolute atomic E-state index is 13.9. The topological polar surface area (TPSA) is 93.3 Å². The molecule has 0 unspecified atom stereocenters. The van der Waals surface area contributed by atoms with Gasteiger partial charge in [-0.2, -0.15) is 0 Å². The van der Waals surface area contributed by atoms with Gasteiger partial charge in [0.2, 0.25) is 11.8 Å². The lowest BCUT2D eigenvalue weighted by Gasteiger charge is -2.32. The van der Waals surface area contributed by atoms with Crippen LogP contribution in [0.25, 0.3) is 11.0 Å². The van der Waals surface area contributed by atoms with Gasteiger partial charge >= 0.3 is 0 Å². The van der Waals surface area contributed by atoms with Crippen LogP contribution >= 0.6 is 0 Å². The Bertz CT molecular complexity index is 1530. The van der Waals surface area contributed by atoms with Crippen LogP contribution in [0.2, 0.25) is 0 Å². The van der Waals surface area contributed by atoms with E-state index in [0.717, 1.165) is 5.56 Å². The van der Waals surface area contributed by atoms with Crippen LogP contribution in [0, 0.1) is 12.7 Å². The Kier molecular flexibility index (Phi) is 6.76. The van der Waals surface area contributed by atoms with Crippen molar-refractivity contribution in [3.8, 4) is 0 Å². The van der Waals surface area contributed by atoms with Crippen molar-refractivity contribution in [2.75, 3.05) is 4.90 Å². The van der Waals surface area contributed by atoms with Gasteiger partial charge in [-0.25, -0.2) is 9.07 Å². The molecule has 1 atom stereocenters. The first-order valence-corrected chi connectivity index (χ1v) is 11.7. The molecule has 0 radical (unpaired) electrons. The van der Waals surface area contributed by atoms with Crippen LogP contribution in [0.4, 0.5) is 10.1 Å². The molecule has 0 saturated carbocycles. The number of nitrogens with one attached hydrogen (secondary N) is 1. The summed E-state index contributed by atoms with van der Waals surface area (Å²) < 4.78 is 20.7. The fraction of sp³-hybridized carbons (Fsp3) is 0.143. The van der Waals surface area contributed by atoms with E-state index < -0.39 is 23.7 Å². The largest absolute Gasteiger partial charge is 0.467 e. The Labute approximate surface area is 212 Å². The summed E-state index contributed by atoms with van der Waals surface area (Å²) in [6, 6.07) is 22.6. The van der Waals surface area contributed by atoms with Crippen LogP contribution in [-0.4, -0.2) is 26.8 Å². The zero-order valence-electron chi connectivity index (χ0n) is 20.0. The quantitative estimate of drug-likeness (QED) is 0.339. The zero-order valence-corrected chi connectivity index (χ0v) is 20.0. The van der Waals surface area contributed by atoms with Gasteiger partial charge in [0.1, 0.15) is 29.7 Å². The minimum Gasteiger partial charge on any atom is -0.467 e. The molecule has 9 heteroatoms. The van der Waals surface area contributed by atoms with E-state index in [1.807, 2.05) is 43.3 Å². The van der Waals surface area contributed by atoms with Gasteiger partial charge in [0.15, 0.2) is 0 Å². The fourth-order valence-corrected chi connectivity index (χ4v) is 4.25. The van der Waals surface area contributed by atoms with Crippen LogP contribution in [-0.2, 0) is 22.7 Å². The molecule has 2 heterocycles. The monoisotopic (exact) mass is 497 g/mol. The highest BCUT2D eigenvalue weighted by Gasteiger charge is 2.34. The molecule has 186 valence electrons. The summed E-state index contributed by atoms with van der Waals surface area (Å²) in [6.45, 7) is 1.85. The molecule has 3 aromatic carbocycles. The van der Waals surface area contributed by atoms with E-state index in [1.165, 1.54) is 40.1 Å². The van der Waals surface area contributed by atoms with Gasteiger partial charge in [-0.3, -0.25) is 14.5 Å². The van der Waals surface area contributed by atoms with Crippen molar-refractivity contribution < 1.29 is 18.4 Å². The van der Waals surface area contributed by atoms with E-state index in [2.05, 4.69) is 15.6 Å². The van der Waals surface area contributed by atoms with Crippen LogP contribution < -0.4 is 10.2 Å². The molecule has 0 aliphatic rings. The number of benzene rings is 3. The van der Waals surface area contributed by atoms with Gasteiger partial charge in [-0.15, -0.1) is 5.10 Å². The second-order valence-corrected chi connectivity index (χ2v) is 8.53. The van der Waals surface area contributed by atoms with Crippen molar-refractivity contribution in [3.63, 3.8) is 0 Å². The summed E-state index contributed by atoms with van der Waals surface area (Å²) in [5, 5.41) is 11.1. The first-order valence-electron chi connectivity index (χ1n) is 11.7. The van der Waals surface area contributed by atoms with E-state index in [-0.39, 0.29) is 13.1 Å². The summed E-state index contributed by atoms with van der Waals surface area (Å²) in [7, 11) is 0. The average molecular weight is 498 g/mol. The highest BCUT2D eigenvalue weighted by Crippen LogP contribution is 2.31. The molecule has 0 spiro atoms. The Morgan fingerprint density at radius 3 is 2.51 bits per heavy atom. The van der Waals surface area contributed by atoms with E-state index >= 15 is 0 Å². The van der Waals surface area contributed by atoms with Gasteiger partial charge in [-0.1, -0.05) is 41.6 Å². The second kappa shape index (κ2) is 10.4. The molecular formula is C28H24FN5O3. The number of rotatable bonds is 8. The molecule has 8 nitrogen and oxygen atoms in total. The van der Waals surface area contributed by atoms with E-state index in [1.54, 1.807) is 24.3 Å². The standard InChI is InChI=1S/C28H24FN5O3/c1-19-7-2-3-9-23(19)27(28(36)30-17-22-8-6-16-37-22)34(21-14-12-20(29)13-15-21)26(35)18-33-25-11-5-4-10-24(25)31-32-33/h2-16,27H,17-18H2,1H3,(H,30,36)/t27-/m0/s1. The number of aryl methyl sites for hydroxylation is 1. The minimum atomic E-state index is -1.04. The highest BCUT2D eigenvalue weighted by molar-refractivity contribution is 6.01. The third-order valence-corrected chi connectivity index (χ3v) is 6.09. The highest BCUT2D eigenvalue weighted by atomic mass is 19.1. The number of carbonyl (C=O) groups excluding carboxylic acids is 2. The number of hydrogen-bond donors (Lipinski definition) is 1. The van der Waals surface area contributed by atoms with E-state index in [0.29, 0.717) is 28.0 Å². The van der Waals surface area contributed by atoms with Crippen molar-refractivity contribution in [3.05, 3.63) is 114 Å². The number of carbonyl (C=O) groups is 2. The molecule has 2 amide bonds. The Morgan fingerprint density at radius 1 is 1.00 bits per heavy atom. The molecule has 0 aliphatic carbocycles. The lowest BCUT2D eigenvalue weighted by Crippen LogP contribution is -2.45. The number of furan rings is 1. The predicted molar refractivity (Wildman–Crippen MR) is 136 cm³/mol. The number of fused-ring (bicyclic) bond motifs is 1. The Hall–Kier alpha value is -4.79. The van der Waals surface area contributed by atoms with Gasteiger partial charge in [0.25, 0.3) is 0 Å². The fourth-order valence-electron chi connectivity index (χ4n) is 4.25. The first-order chi connectivity index (χ1) is 18.0. The lowest BCUT2D eigenvalue weighted by atomic mass is 9.98. The van der Waals surface area contributed by atoms with Crippen LogP contribution in [0.1, 0.15) is 22.9 Å². The van der Waals surface area contributed by atoms with Gasteiger partial charge in [0.05, 0.1) is 18.3 Å². The second-order valence-electron chi connectivity index (χ2n) is 8.53. The van der Waals surface area contributed by atoms with E-state index in [9.17, 15) is 14.0 Å². The summed E-state index contributed by atoms with van der Waals surface area (Å²) >= 11 is 0. The molecule has 1 N–H and O–H groups in total. The maximum atomic E-state index is 13.9. The minimum absolute atomic E-state index is 0.146. The molecule has 5 aromatic rings. The number of aromatic nitrogens is 3. The van der Waals surface area contributed by atoms with Crippen LogP contribution in [0.15, 0.2) is 95.6 Å². The van der Waals surface area contributed by atoms with Crippen LogP contribution in [0.5, 0.6) is 0 Å². The normalized spacial score (nSPS) is 11.8. The molecule has 0 fully saturated rings. The van der Waals surface area contributed by atoms with Gasteiger partial charge in [0, 0.05) is 5.69 Å². The summed E-state index contributed by atoms with van der Waals surface area (Å²) in [6.07, 6.45) is 1.52. The summed E-state index contributed by atoms with van der Waals surface area (Å²) in [5.74, 6) is -0.700. The molecule has 2 aromatic heterocycles. The van der Waals surface area contributed by atoms with Crippen molar-refractivity contribution in [2.24, 2.45) is 0 Å². The third kappa shape index (κ3) is 5.11. The summed E-state index contributed by atoms with van der Waals surface area (Å²) in [4.78, 5) is 29.1. The smallest absolute Gasteiger partial charge is 0.249 e. The number of hydrogen-bond acceptors (Lipinski definition) is 5. The Morgan fingerprint density at radius 2 is 1.76 bits per heavy atom. The van der Waals surface area contributed by atoms with Crippen LogP contribution in [0.3, 0.4) is 0 Å². The predicted octanol–water partition coefficient (Wildman–Crippen LogP) is 4.56. The summed E-state index contributed by atoms with van der Waals surface area (Å²) in [5.41, 5.74) is 3.17. The number of anilines is 1. The molecule has 5 rings (SSSR count). The van der Waals surface area contributed by atoms with Gasteiger partial charge in [-0.05, 0) is 66.6 Å². The molecule has 0 saturated heterocycles. The average Bonchev–Trinajstić information content (AvgIpc) is 3.58. The molecule has 0 bridgehead atoms. The van der Waals surface area contributed by atoms with Gasteiger partial charge < -0.3 is 9.73 Å². The van der Waals surface area contributed by atoms with E-state index in [4.69, 9.17) is 4.42 Å². The Balaban J connectivity index is 1.57. The molecular weight excluding hydrogens is 473 g/mol. The SMILES string of the molecule is Cc1ccccc1[C@@H](C(=O)NCc1ccco1)N(C(=O)Cn1nnc2ccccc21)c1ccc(F)cc1. The van der Waals surface area contributed by atoms with Crippen molar-refractivity contribution in [2.45, 2.75) is 26.1 Å². The zero-order chi connectivity index (χ0) is 25.8.